The van der Waals surface area contributed by atoms with E-state index >= 15 is 0 Å². The molecule has 0 spiro atoms. The summed E-state index contributed by atoms with van der Waals surface area (Å²) in [6.45, 7) is 3.68. The lowest BCUT2D eigenvalue weighted by molar-refractivity contribution is 0.102. The molecule has 4 nitrogen and oxygen atoms in total. The minimum Gasteiger partial charge on any atom is -0.319 e. The summed E-state index contributed by atoms with van der Waals surface area (Å²) in [4.78, 5) is 20.2. The summed E-state index contributed by atoms with van der Waals surface area (Å²) in [6, 6.07) is 6.95. The molecule has 2 aromatic rings. The van der Waals surface area contributed by atoms with E-state index in [-0.39, 0.29) is 11.1 Å². The van der Waals surface area contributed by atoms with Gasteiger partial charge in [-0.2, -0.15) is 0 Å². The largest absolute Gasteiger partial charge is 0.319 e. The van der Waals surface area contributed by atoms with Crippen molar-refractivity contribution in [1.29, 1.82) is 0 Å². The molecule has 2 heterocycles. The predicted molar refractivity (Wildman–Crippen MR) is 70.9 cm³/mol. The maximum atomic E-state index is 12.1. The van der Waals surface area contributed by atoms with Crippen molar-refractivity contribution in [2.75, 3.05) is 5.32 Å². The van der Waals surface area contributed by atoms with Gasteiger partial charge in [-0.25, -0.2) is 4.98 Å². The third kappa shape index (κ3) is 2.65. The monoisotopic (exact) mass is 261 g/mol. The lowest BCUT2D eigenvalue weighted by Gasteiger charge is -2.08. The number of amides is 1. The third-order valence-corrected chi connectivity index (χ3v) is 2.78. The van der Waals surface area contributed by atoms with E-state index in [0.717, 1.165) is 5.69 Å². The molecule has 0 saturated carbocycles. The zero-order valence-corrected chi connectivity index (χ0v) is 10.8. The van der Waals surface area contributed by atoms with E-state index in [9.17, 15) is 4.79 Å². The molecular weight excluding hydrogens is 250 g/mol. The minimum absolute atomic E-state index is 0.241. The number of anilines is 1. The van der Waals surface area contributed by atoms with Gasteiger partial charge in [0.2, 0.25) is 0 Å². The second-order valence-corrected chi connectivity index (χ2v) is 4.24. The van der Waals surface area contributed by atoms with Crippen molar-refractivity contribution in [3.63, 3.8) is 0 Å². The number of carbonyl (C=O) groups excluding carboxylic acids is 1. The van der Waals surface area contributed by atoms with Gasteiger partial charge in [0.1, 0.15) is 0 Å². The second-order valence-electron chi connectivity index (χ2n) is 3.88. The highest BCUT2D eigenvalue weighted by molar-refractivity contribution is 6.32. The van der Waals surface area contributed by atoms with Crippen LogP contribution in [-0.2, 0) is 0 Å². The molecule has 0 saturated heterocycles. The van der Waals surface area contributed by atoms with Crippen LogP contribution in [0.3, 0.4) is 0 Å². The molecule has 0 aliphatic rings. The predicted octanol–water partition coefficient (Wildman–Crippen LogP) is 3.00. The van der Waals surface area contributed by atoms with Crippen molar-refractivity contribution in [3.8, 4) is 0 Å². The molecular formula is C13H12ClN3O. The second kappa shape index (κ2) is 5.14. The highest BCUT2D eigenvalue weighted by Crippen LogP contribution is 2.19. The van der Waals surface area contributed by atoms with Gasteiger partial charge >= 0.3 is 0 Å². The van der Waals surface area contributed by atoms with Crippen molar-refractivity contribution >= 4 is 23.2 Å². The standard InChI is InChI=1S/C13H12ClN3O/c1-8-5-6-10(9(2)16-8)13(18)17-11-4-3-7-15-12(11)14/h3-7H,1-2H3,(H,17,18). The van der Waals surface area contributed by atoms with E-state index in [1.165, 1.54) is 0 Å². The fourth-order valence-corrected chi connectivity index (χ4v) is 1.76. The maximum Gasteiger partial charge on any atom is 0.257 e. The normalized spacial score (nSPS) is 10.2. The van der Waals surface area contributed by atoms with Crippen molar-refractivity contribution in [3.05, 3.63) is 52.6 Å². The van der Waals surface area contributed by atoms with Crippen LogP contribution in [0.5, 0.6) is 0 Å². The molecule has 0 aliphatic heterocycles. The van der Waals surface area contributed by atoms with Crippen LogP contribution in [-0.4, -0.2) is 15.9 Å². The molecule has 2 aromatic heterocycles. The van der Waals surface area contributed by atoms with Gasteiger partial charge in [-0.15, -0.1) is 0 Å². The van der Waals surface area contributed by atoms with Gasteiger partial charge in [0, 0.05) is 11.9 Å². The highest BCUT2D eigenvalue weighted by atomic mass is 35.5. The average molecular weight is 262 g/mol. The number of halogens is 1. The number of hydrogen-bond acceptors (Lipinski definition) is 3. The molecule has 0 unspecified atom stereocenters. The number of nitrogens with zero attached hydrogens (tertiary/aromatic N) is 2. The summed E-state index contributed by atoms with van der Waals surface area (Å²) < 4.78 is 0. The van der Waals surface area contributed by atoms with Crippen LogP contribution in [0.1, 0.15) is 21.7 Å². The van der Waals surface area contributed by atoms with Crippen molar-refractivity contribution in [2.45, 2.75) is 13.8 Å². The third-order valence-electron chi connectivity index (χ3n) is 2.48. The number of aryl methyl sites for hydroxylation is 2. The molecule has 1 N–H and O–H groups in total. The van der Waals surface area contributed by atoms with Crippen LogP contribution >= 0.6 is 11.6 Å². The topological polar surface area (TPSA) is 54.9 Å². The van der Waals surface area contributed by atoms with Crippen LogP contribution in [0.25, 0.3) is 0 Å². The summed E-state index contributed by atoms with van der Waals surface area (Å²) in [7, 11) is 0. The van der Waals surface area contributed by atoms with Crippen molar-refractivity contribution < 1.29 is 4.79 Å². The lowest BCUT2D eigenvalue weighted by atomic mass is 10.1. The first-order valence-electron chi connectivity index (χ1n) is 5.44. The first kappa shape index (κ1) is 12.5. The fourth-order valence-electron chi connectivity index (χ4n) is 1.60. The van der Waals surface area contributed by atoms with E-state index in [2.05, 4.69) is 15.3 Å². The lowest BCUT2D eigenvalue weighted by Crippen LogP contribution is -2.14. The molecule has 0 bridgehead atoms. The molecule has 1 amide bonds. The molecule has 0 aliphatic carbocycles. The Balaban J connectivity index is 2.25. The minimum atomic E-state index is -0.241. The van der Waals surface area contributed by atoms with Gasteiger partial charge in [0.15, 0.2) is 5.15 Å². The smallest absolute Gasteiger partial charge is 0.257 e. The van der Waals surface area contributed by atoms with Crippen LogP contribution in [0.2, 0.25) is 5.15 Å². The molecule has 92 valence electrons. The number of hydrogen-bond donors (Lipinski definition) is 1. The number of aromatic nitrogens is 2. The molecule has 18 heavy (non-hydrogen) atoms. The summed E-state index contributed by atoms with van der Waals surface area (Å²) in [5.74, 6) is -0.241. The van der Waals surface area contributed by atoms with Gasteiger partial charge in [-0.05, 0) is 38.1 Å². The highest BCUT2D eigenvalue weighted by Gasteiger charge is 2.11. The maximum absolute atomic E-state index is 12.1. The SMILES string of the molecule is Cc1ccc(C(=O)Nc2cccnc2Cl)c(C)n1. The summed E-state index contributed by atoms with van der Waals surface area (Å²) in [5.41, 5.74) is 2.58. The first-order chi connectivity index (χ1) is 8.58. The molecule has 0 radical (unpaired) electrons. The number of rotatable bonds is 2. The average Bonchev–Trinajstić information content (AvgIpc) is 2.32. The van der Waals surface area contributed by atoms with Crippen LogP contribution in [0.15, 0.2) is 30.5 Å². The van der Waals surface area contributed by atoms with Crippen molar-refractivity contribution in [2.24, 2.45) is 0 Å². The van der Waals surface area contributed by atoms with Crippen molar-refractivity contribution in [1.82, 2.24) is 9.97 Å². The van der Waals surface area contributed by atoms with Crippen LogP contribution < -0.4 is 5.32 Å². The number of nitrogens with one attached hydrogen (secondary N) is 1. The van der Waals surface area contributed by atoms with Gasteiger partial charge in [0.25, 0.3) is 5.91 Å². The van der Waals surface area contributed by atoms with Gasteiger partial charge in [0.05, 0.1) is 16.9 Å². The summed E-state index contributed by atoms with van der Waals surface area (Å²) in [5, 5.41) is 2.98. The van der Waals surface area contributed by atoms with Gasteiger partial charge < -0.3 is 5.32 Å². The number of carbonyl (C=O) groups is 1. The zero-order chi connectivity index (χ0) is 13.1. The molecule has 0 aromatic carbocycles. The molecule has 5 heteroatoms. The molecule has 2 rings (SSSR count). The summed E-state index contributed by atoms with van der Waals surface area (Å²) >= 11 is 5.88. The number of pyridine rings is 2. The Morgan fingerprint density at radius 3 is 2.72 bits per heavy atom. The van der Waals surface area contributed by atoms with E-state index in [1.54, 1.807) is 37.4 Å². The summed E-state index contributed by atoms with van der Waals surface area (Å²) in [6.07, 6.45) is 1.57. The quantitative estimate of drug-likeness (QED) is 0.846. The Hall–Kier alpha value is -1.94. The Morgan fingerprint density at radius 1 is 1.28 bits per heavy atom. The Labute approximate surface area is 110 Å². The van der Waals surface area contributed by atoms with Crippen LogP contribution in [0, 0.1) is 13.8 Å². The Bertz CT molecular complexity index is 599. The Kier molecular flexibility index (Phi) is 3.58. The van der Waals surface area contributed by atoms with E-state index in [1.807, 2.05) is 6.92 Å². The van der Waals surface area contributed by atoms with E-state index in [4.69, 9.17) is 11.6 Å². The van der Waals surface area contributed by atoms with Gasteiger partial charge in [-0.1, -0.05) is 11.6 Å². The molecule has 0 fully saturated rings. The fraction of sp³-hybridized carbons (Fsp3) is 0.154. The van der Waals surface area contributed by atoms with E-state index in [0.29, 0.717) is 16.9 Å². The molecule has 0 atom stereocenters. The Morgan fingerprint density at radius 2 is 2.06 bits per heavy atom. The first-order valence-corrected chi connectivity index (χ1v) is 5.82. The zero-order valence-electron chi connectivity index (χ0n) is 10.1. The van der Waals surface area contributed by atoms with Crippen LogP contribution in [0.4, 0.5) is 5.69 Å². The van der Waals surface area contributed by atoms with Gasteiger partial charge in [-0.3, -0.25) is 9.78 Å². The van der Waals surface area contributed by atoms with E-state index < -0.39 is 0 Å².